The molecule has 130 valence electrons. The molecule has 0 aliphatic heterocycles. The summed E-state index contributed by atoms with van der Waals surface area (Å²) in [4.78, 5) is 14.8. The van der Waals surface area contributed by atoms with Crippen LogP contribution in [0.2, 0.25) is 0 Å². The van der Waals surface area contributed by atoms with Gasteiger partial charge in [-0.05, 0) is 13.0 Å². The predicted octanol–water partition coefficient (Wildman–Crippen LogP) is 1.36. The van der Waals surface area contributed by atoms with Gasteiger partial charge >= 0.3 is 0 Å². The molecular formula is C17H20N6O2. The van der Waals surface area contributed by atoms with Gasteiger partial charge < -0.3 is 21.1 Å². The molecule has 2 aromatic heterocycles. The lowest BCUT2D eigenvalue weighted by molar-refractivity contribution is -0.109. The van der Waals surface area contributed by atoms with Crippen molar-refractivity contribution in [2.45, 2.75) is 13.5 Å². The van der Waals surface area contributed by atoms with Crippen molar-refractivity contribution in [3.05, 3.63) is 47.8 Å². The third kappa shape index (κ3) is 3.79. The van der Waals surface area contributed by atoms with Crippen LogP contribution in [0.15, 0.2) is 36.7 Å². The number of fused-ring (bicyclic) bond motifs is 1. The number of rotatable bonds is 8. The van der Waals surface area contributed by atoms with E-state index in [1.165, 1.54) is 0 Å². The van der Waals surface area contributed by atoms with Crippen LogP contribution in [0, 0.1) is 6.92 Å². The fourth-order valence-electron chi connectivity index (χ4n) is 2.45. The highest BCUT2D eigenvalue weighted by molar-refractivity contribution is 5.66. The molecule has 1 aromatic carbocycles. The van der Waals surface area contributed by atoms with Crippen LogP contribution in [-0.4, -0.2) is 34.2 Å². The van der Waals surface area contributed by atoms with E-state index in [4.69, 9.17) is 10.5 Å². The van der Waals surface area contributed by atoms with Crippen LogP contribution in [0.25, 0.3) is 5.65 Å². The lowest BCUT2D eigenvalue weighted by Gasteiger charge is -2.13. The summed E-state index contributed by atoms with van der Waals surface area (Å²) in [5, 5.41) is 10.0. The molecule has 0 radical (unpaired) electrons. The Bertz CT molecular complexity index is 877. The first kappa shape index (κ1) is 16.6. The number of para-hydroxylation sites is 1. The first-order valence-corrected chi connectivity index (χ1v) is 7.91. The second-order valence-electron chi connectivity index (χ2n) is 5.52. The highest BCUT2D eigenvalue weighted by atomic mass is 16.5. The maximum absolute atomic E-state index is 10.3. The predicted molar refractivity (Wildman–Crippen MR) is 95.5 cm³/mol. The zero-order valence-corrected chi connectivity index (χ0v) is 13.9. The van der Waals surface area contributed by atoms with Gasteiger partial charge in [0.05, 0.1) is 18.4 Å². The van der Waals surface area contributed by atoms with Gasteiger partial charge in [0.2, 0.25) is 6.41 Å². The fraction of sp³-hybridized carbons (Fsp3) is 0.235. The lowest BCUT2D eigenvalue weighted by Crippen LogP contribution is -2.19. The molecule has 0 aliphatic rings. The molecule has 1 amide bonds. The molecule has 2 heterocycles. The minimum atomic E-state index is 0.408. The largest absolute Gasteiger partial charge is 0.491 e. The molecule has 0 fully saturated rings. The molecule has 8 heteroatoms. The SMILES string of the molecule is Cc1cn2ncc(N)c2nc1NCc1ccccc1OCCNC=O. The molecule has 3 aromatic rings. The molecule has 0 unspecified atom stereocenters. The number of aryl methyl sites for hydroxylation is 1. The summed E-state index contributed by atoms with van der Waals surface area (Å²) in [5.41, 5.74) is 9.00. The highest BCUT2D eigenvalue weighted by Gasteiger charge is 2.09. The Balaban J connectivity index is 1.72. The number of hydrogen-bond donors (Lipinski definition) is 3. The van der Waals surface area contributed by atoms with Gasteiger partial charge in [0, 0.05) is 23.9 Å². The summed E-state index contributed by atoms with van der Waals surface area (Å²) in [6, 6.07) is 7.74. The quantitative estimate of drug-likeness (QED) is 0.422. The smallest absolute Gasteiger partial charge is 0.207 e. The van der Waals surface area contributed by atoms with Crippen LogP contribution in [-0.2, 0) is 11.3 Å². The van der Waals surface area contributed by atoms with Crippen LogP contribution in [0.3, 0.4) is 0 Å². The van der Waals surface area contributed by atoms with E-state index < -0.39 is 0 Å². The number of benzene rings is 1. The van der Waals surface area contributed by atoms with E-state index >= 15 is 0 Å². The second kappa shape index (κ2) is 7.52. The number of hydrogen-bond acceptors (Lipinski definition) is 6. The molecule has 0 bridgehead atoms. The molecule has 0 saturated heterocycles. The van der Waals surface area contributed by atoms with E-state index in [1.807, 2.05) is 37.4 Å². The number of amides is 1. The third-order valence-corrected chi connectivity index (χ3v) is 3.71. The van der Waals surface area contributed by atoms with Gasteiger partial charge in [-0.2, -0.15) is 5.10 Å². The average molecular weight is 340 g/mol. The number of nitrogens with zero attached hydrogens (tertiary/aromatic N) is 3. The monoisotopic (exact) mass is 340 g/mol. The van der Waals surface area contributed by atoms with Crippen LogP contribution < -0.4 is 21.1 Å². The van der Waals surface area contributed by atoms with Crippen molar-refractivity contribution in [1.29, 1.82) is 0 Å². The third-order valence-electron chi connectivity index (χ3n) is 3.71. The number of ether oxygens (including phenoxy) is 1. The van der Waals surface area contributed by atoms with Crippen molar-refractivity contribution in [3.63, 3.8) is 0 Å². The molecule has 25 heavy (non-hydrogen) atoms. The standard InChI is InChI=1S/C17H20N6O2/c1-12-10-23-17(14(18)9-21-23)22-16(12)20-8-13-4-2-3-5-15(13)25-7-6-19-11-24/h2-5,9-11H,6-8,18H2,1H3,(H,19,24)(H,20,22). The van der Waals surface area contributed by atoms with E-state index in [-0.39, 0.29) is 0 Å². The second-order valence-corrected chi connectivity index (χ2v) is 5.52. The highest BCUT2D eigenvalue weighted by Crippen LogP contribution is 2.21. The van der Waals surface area contributed by atoms with Crippen LogP contribution in [0.4, 0.5) is 11.5 Å². The molecule has 0 spiro atoms. The molecule has 3 rings (SSSR count). The number of anilines is 2. The van der Waals surface area contributed by atoms with Crippen LogP contribution >= 0.6 is 0 Å². The van der Waals surface area contributed by atoms with Crippen LogP contribution in [0.5, 0.6) is 5.75 Å². The Morgan fingerprint density at radius 3 is 3.04 bits per heavy atom. The minimum Gasteiger partial charge on any atom is -0.491 e. The van der Waals surface area contributed by atoms with Crippen molar-refractivity contribution >= 4 is 23.6 Å². The molecule has 0 saturated carbocycles. The molecular weight excluding hydrogens is 320 g/mol. The van der Waals surface area contributed by atoms with Gasteiger partial charge in [-0.3, -0.25) is 4.79 Å². The van der Waals surface area contributed by atoms with Crippen molar-refractivity contribution in [2.75, 3.05) is 24.2 Å². The molecule has 0 atom stereocenters. The van der Waals surface area contributed by atoms with Crippen molar-refractivity contribution in [2.24, 2.45) is 0 Å². The number of nitrogen functional groups attached to an aromatic ring is 1. The van der Waals surface area contributed by atoms with Crippen molar-refractivity contribution in [1.82, 2.24) is 19.9 Å². The van der Waals surface area contributed by atoms with Gasteiger partial charge in [-0.1, -0.05) is 18.2 Å². The fourth-order valence-corrected chi connectivity index (χ4v) is 2.45. The number of nitrogens with one attached hydrogen (secondary N) is 2. The summed E-state index contributed by atoms with van der Waals surface area (Å²) in [7, 11) is 0. The first-order chi connectivity index (χ1) is 12.2. The van der Waals surface area contributed by atoms with E-state index in [0.29, 0.717) is 37.4 Å². The maximum Gasteiger partial charge on any atom is 0.207 e. The Labute approximate surface area is 145 Å². The Hall–Kier alpha value is -3.29. The maximum atomic E-state index is 10.3. The van der Waals surface area contributed by atoms with E-state index in [0.717, 1.165) is 22.7 Å². The number of aromatic nitrogens is 3. The Morgan fingerprint density at radius 1 is 1.36 bits per heavy atom. The number of carbonyl (C=O) groups is 1. The van der Waals surface area contributed by atoms with Crippen molar-refractivity contribution in [3.8, 4) is 5.75 Å². The summed E-state index contributed by atoms with van der Waals surface area (Å²) < 4.78 is 7.38. The van der Waals surface area contributed by atoms with E-state index in [1.54, 1.807) is 10.7 Å². The summed E-state index contributed by atoms with van der Waals surface area (Å²) >= 11 is 0. The average Bonchev–Trinajstić information content (AvgIpc) is 2.97. The zero-order valence-electron chi connectivity index (χ0n) is 13.9. The zero-order chi connectivity index (χ0) is 17.6. The van der Waals surface area contributed by atoms with Gasteiger partial charge in [-0.15, -0.1) is 0 Å². The van der Waals surface area contributed by atoms with Gasteiger partial charge in [0.25, 0.3) is 0 Å². The molecule has 4 N–H and O–H groups in total. The summed E-state index contributed by atoms with van der Waals surface area (Å²) in [6.45, 7) is 3.38. The number of carbonyl (C=O) groups excluding carboxylic acids is 1. The molecule has 8 nitrogen and oxygen atoms in total. The molecule has 0 aliphatic carbocycles. The van der Waals surface area contributed by atoms with E-state index in [9.17, 15) is 4.79 Å². The summed E-state index contributed by atoms with van der Waals surface area (Å²) in [5.74, 6) is 1.52. The number of nitrogens with two attached hydrogens (primary N) is 1. The van der Waals surface area contributed by atoms with Crippen LogP contribution in [0.1, 0.15) is 11.1 Å². The van der Waals surface area contributed by atoms with Gasteiger partial charge in [0.1, 0.15) is 18.2 Å². The van der Waals surface area contributed by atoms with Gasteiger partial charge in [-0.25, -0.2) is 9.50 Å². The Kier molecular flexibility index (Phi) is 4.98. The van der Waals surface area contributed by atoms with E-state index in [2.05, 4.69) is 20.7 Å². The summed E-state index contributed by atoms with van der Waals surface area (Å²) in [6.07, 6.45) is 4.13. The van der Waals surface area contributed by atoms with Gasteiger partial charge in [0.15, 0.2) is 5.65 Å². The Morgan fingerprint density at radius 2 is 2.20 bits per heavy atom. The lowest BCUT2D eigenvalue weighted by atomic mass is 10.2. The topological polar surface area (TPSA) is 107 Å². The van der Waals surface area contributed by atoms with Crippen molar-refractivity contribution < 1.29 is 9.53 Å². The first-order valence-electron chi connectivity index (χ1n) is 7.91. The normalized spacial score (nSPS) is 10.6. The minimum absolute atomic E-state index is 0.408.